The summed E-state index contributed by atoms with van der Waals surface area (Å²) in [6.45, 7) is 2.70. The third kappa shape index (κ3) is 2.15. The van der Waals surface area contributed by atoms with E-state index in [2.05, 4.69) is 20.9 Å². The second-order valence-corrected chi connectivity index (χ2v) is 4.22. The summed E-state index contributed by atoms with van der Waals surface area (Å²) in [7, 11) is 0. The van der Waals surface area contributed by atoms with Gasteiger partial charge in [-0.1, -0.05) is 15.9 Å². The van der Waals surface area contributed by atoms with Gasteiger partial charge in [0.15, 0.2) is 0 Å². The van der Waals surface area contributed by atoms with Crippen LogP contribution in [0.3, 0.4) is 0 Å². The van der Waals surface area contributed by atoms with Crippen LogP contribution in [0, 0.1) is 0 Å². The Hall–Kier alpha value is -1.20. The number of nitrogens with zero attached hydrogens (tertiary/aromatic N) is 2. The van der Waals surface area contributed by atoms with Crippen molar-refractivity contribution in [3.63, 3.8) is 0 Å². The van der Waals surface area contributed by atoms with Gasteiger partial charge in [0, 0.05) is 11.1 Å². The molecule has 0 fully saturated rings. The molecule has 2 rings (SSSR count). The molecule has 0 spiro atoms. The minimum Gasteiger partial charge on any atom is -0.361 e. The molecule has 0 saturated carbocycles. The SMILES string of the molecule is CCOCn1cnc2cc(Br)ccc2c1=O. The monoisotopic (exact) mass is 282 g/mol. The lowest BCUT2D eigenvalue weighted by Gasteiger charge is -2.06. The van der Waals surface area contributed by atoms with Crippen LogP contribution in [0.4, 0.5) is 0 Å². The fourth-order valence-corrected chi connectivity index (χ4v) is 1.76. The molecule has 0 amide bonds. The lowest BCUT2D eigenvalue weighted by Crippen LogP contribution is -2.21. The van der Waals surface area contributed by atoms with Crippen molar-refractivity contribution in [2.24, 2.45) is 0 Å². The number of ether oxygens (including phenoxy) is 1. The lowest BCUT2D eigenvalue weighted by atomic mass is 10.2. The van der Waals surface area contributed by atoms with Crippen molar-refractivity contribution in [2.75, 3.05) is 6.61 Å². The zero-order chi connectivity index (χ0) is 11.5. The third-order valence-electron chi connectivity index (χ3n) is 2.22. The van der Waals surface area contributed by atoms with E-state index in [4.69, 9.17) is 4.74 Å². The fourth-order valence-electron chi connectivity index (χ4n) is 1.41. The Morgan fingerprint density at radius 3 is 3.06 bits per heavy atom. The van der Waals surface area contributed by atoms with Gasteiger partial charge in [-0.25, -0.2) is 4.98 Å². The van der Waals surface area contributed by atoms with E-state index in [0.29, 0.717) is 17.5 Å². The van der Waals surface area contributed by atoms with Gasteiger partial charge in [-0.15, -0.1) is 0 Å². The number of hydrogen-bond acceptors (Lipinski definition) is 3. The minimum atomic E-state index is -0.0778. The molecule has 2 aromatic rings. The van der Waals surface area contributed by atoms with Crippen molar-refractivity contribution in [1.82, 2.24) is 9.55 Å². The summed E-state index contributed by atoms with van der Waals surface area (Å²) >= 11 is 3.34. The van der Waals surface area contributed by atoms with Gasteiger partial charge < -0.3 is 4.74 Å². The van der Waals surface area contributed by atoms with E-state index in [0.717, 1.165) is 4.47 Å². The van der Waals surface area contributed by atoms with Gasteiger partial charge >= 0.3 is 0 Å². The van der Waals surface area contributed by atoms with Crippen LogP contribution in [-0.4, -0.2) is 16.2 Å². The quantitative estimate of drug-likeness (QED) is 0.867. The molecule has 0 radical (unpaired) electrons. The molecule has 0 unspecified atom stereocenters. The molecule has 5 heteroatoms. The van der Waals surface area contributed by atoms with Gasteiger partial charge in [0.05, 0.1) is 10.9 Å². The normalized spacial score (nSPS) is 10.9. The molecule has 4 nitrogen and oxygen atoms in total. The molecule has 1 aromatic heterocycles. The number of rotatable bonds is 3. The van der Waals surface area contributed by atoms with Gasteiger partial charge in [-0.3, -0.25) is 9.36 Å². The molecule has 0 aliphatic heterocycles. The topological polar surface area (TPSA) is 44.1 Å². The van der Waals surface area contributed by atoms with Crippen LogP contribution < -0.4 is 5.56 Å². The lowest BCUT2D eigenvalue weighted by molar-refractivity contribution is 0.0850. The van der Waals surface area contributed by atoms with Crippen LogP contribution in [0.25, 0.3) is 10.9 Å². The van der Waals surface area contributed by atoms with E-state index in [1.54, 1.807) is 6.07 Å². The van der Waals surface area contributed by atoms with Crippen molar-refractivity contribution in [2.45, 2.75) is 13.7 Å². The van der Waals surface area contributed by atoms with Crippen LogP contribution in [0.1, 0.15) is 6.92 Å². The van der Waals surface area contributed by atoms with Gasteiger partial charge in [-0.05, 0) is 25.1 Å². The van der Waals surface area contributed by atoms with Gasteiger partial charge in [0.1, 0.15) is 13.1 Å². The molecular weight excluding hydrogens is 272 g/mol. The smallest absolute Gasteiger partial charge is 0.263 e. The summed E-state index contributed by atoms with van der Waals surface area (Å²) in [5, 5.41) is 0.602. The summed E-state index contributed by atoms with van der Waals surface area (Å²) in [6.07, 6.45) is 1.51. The average molecular weight is 283 g/mol. The first kappa shape index (κ1) is 11.3. The van der Waals surface area contributed by atoms with E-state index >= 15 is 0 Å². The minimum absolute atomic E-state index is 0.0778. The van der Waals surface area contributed by atoms with E-state index in [1.165, 1.54) is 10.9 Å². The zero-order valence-electron chi connectivity index (χ0n) is 8.81. The Labute approximate surface area is 101 Å². The first-order chi connectivity index (χ1) is 7.72. The summed E-state index contributed by atoms with van der Waals surface area (Å²) in [6, 6.07) is 5.41. The standard InChI is InChI=1S/C11H11BrN2O2/c1-2-16-7-14-6-13-10-5-8(12)3-4-9(10)11(14)15/h3-6H,2,7H2,1H3. The summed E-state index contributed by atoms with van der Waals surface area (Å²) < 4.78 is 7.56. The van der Waals surface area contributed by atoms with Crippen LogP contribution in [-0.2, 0) is 11.5 Å². The van der Waals surface area contributed by atoms with Crippen molar-refractivity contribution in [3.8, 4) is 0 Å². The molecule has 0 aliphatic carbocycles. The number of fused-ring (bicyclic) bond motifs is 1. The molecular formula is C11H11BrN2O2. The number of hydrogen-bond donors (Lipinski definition) is 0. The van der Waals surface area contributed by atoms with Gasteiger partial charge in [0.25, 0.3) is 5.56 Å². The summed E-state index contributed by atoms with van der Waals surface area (Å²) in [4.78, 5) is 16.2. The highest BCUT2D eigenvalue weighted by Crippen LogP contribution is 2.14. The Bertz CT molecular complexity index is 565. The molecule has 0 bridgehead atoms. The maximum atomic E-state index is 12.0. The molecule has 1 aromatic carbocycles. The molecule has 0 aliphatic rings. The molecule has 0 atom stereocenters. The van der Waals surface area contributed by atoms with E-state index in [1.807, 2.05) is 19.1 Å². The first-order valence-electron chi connectivity index (χ1n) is 4.95. The Morgan fingerprint density at radius 1 is 1.50 bits per heavy atom. The zero-order valence-corrected chi connectivity index (χ0v) is 10.4. The first-order valence-corrected chi connectivity index (χ1v) is 5.74. The predicted octanol–water partition coefficient (Wildman–Crippen LogP) is 2.15. The molecule has 16 heavy (non-hydrogen) atoms. The third-order valence-corrected chi connectivity index (χ3v) is 2.72. The van der Waals surface area contributed by atoms with Crippen molar-refractivity contribution in [1.29, 1.82) is 0 Å². The van der Waals surface area contributed by atoms with Crippen molar-refractivity contribution < 1.29 is 4.74 Å². The number of halogens is 1. The number of aromatic nitrogens is 2. The number of benzene rings is 1. The van der Waals surface area contributed by atoms with Crippen molar-refractivity contribution >= 4 is 26.8 Å². The summed E-state index contributed by atoms with van der Waals surface area (Å²) in [5.41, 5.74) is 0.609. The van der Waals surface area contributed by atoms with Crippen LogP contribution in [0.2, 0.25) is 0 Å². The fraction of sp³-hybridized carbons (Fsp3) is 0.273. The van der Waals surface area contributed by atoms with Gasteiger partial charge in [0.2, 0.25) is 0 Å². The maximum Gasteiger partial charge on any atom is 0.263 e. The van der Waals surface area contributed by atoms with E-state index in [9.17, 15) is 4.79 Å². The Morgan fingerprint density at radius 2 is 2.31 bits per heavy atom. The van der Waals surface area contributed by atoms with Crippen LogP contribution >= 0.6 is 15.9 Å². The summed E-state index contributed by atoms with van der Waals surface area (Å²) in [5.74, 6) is 0. The molecule has 84 valence electrons. The maximum absolute atomic E-state index is 12.0. The highest BCUT2D eigenvalue weighted by atomic mass is 79.9. The largest absolute Gasteiger partial charge is 0.361 e. The molecule has 1 heterocycles. The molecule has 0 N–H and O–H groups in total. The Balaban J connectivity index is 2.53. The van der Waals surface area contributed by atoms with Gasteiger partial charge in [-0.2, -0.15) is 0 Å². The average Bonchev–Trinajstić information content (AvgIpc) is 2.28. The second kappa shape index (κ2) is 4.76. The van der Waals surface area contributed by atoms with E-state index < -0.39 is 0 Å². The van der Waals surface area contributed by atoms with Crippen LogP contribution in [0.15, 0.2) is 33.8 Å². The van der Waals surface area contributed by atoms with Crippen LogP contribution in [0.5, 0.6) is 0 Å². The van der Waals surface area contributed by atoms with E-state index in [-0.39, 0.29) is 12.3 Å². The predicted molar refractivity (Wildman–Crippen MR) is 65.3 cm³/mol. The highest BCUT2D eigenvalue weighted by Gasteiger charge is 2.03. The molecule has 0 saturated heterocycles. The Kier molecular flexibility index (Phi) is 3.36. The highest BCUT2D eigenvalue weighted by molar-refractivity contribution is 9.10. The second-order valence-electron chi connectivity index (χ2n) is 3.30. The van der Waals surface area contributed by atoms with Crippen molar-refractivity contribution in [3.05, 3.63) is 39.4 Å².